The molecule has 3 heteroatoms. The van der Waals surface area contributed by atoms with Crippen LogP contribution in [0.3, 0.4) is 0 Å². The Labute approximate surface area is 187 Å². The van der Waals surface area contributed by atoms with Crippen LogP contribution in [0.25, 0.3) is 0 Å². The summed E-state index contributed by atoms with van der Waals surface area (Å²) in [6.45, 7) is 17.6. The molecule has 0 radical (unpaired) electrons. The molecule has 174 valence electrons. The Morgan fingerprint density at radius 3 is 1.67 bits per heavy atom. The summed E-state index contributed by atoms with van der Waals surface area (Å²) in [4.78, 5) is 11.0. The highest BCUT2D eigenvalue weighted by atomic mass is 16.5. The quantitative estimate of drug-likeness (QED) is 0.205. The molecule has 0 aliphatic heterocycles. The Bertz CT molecular complexity index is 554. The Morgan fingerprint density at radius 2 is 1.30 bits per heavy atom. The van der Waals surface area contributed by atoms with Gasteiger partial charge < -0.3 is 9.84 Å². The molecule has 0 spiro atoms. The molecule has 0 aromatic heterocycles. The fourth-order valence-electron chi connectivity index (χ4n) is 2.62. The minimum Gasteiger partial charge on any atom is -0.466 e. The van der Waals surface area contributed by atoms with Gasteiger partial charge in [0.2, 0.25) is 0 Å². The third-order valence-electron chi connectivity index (χ3n) is 5.85. The SMILES string of the molecule is CC[C@H](C)[C@@H](C)/C=C/C/C(C)=C/C(=O)OC.CC[C@H](C)[C@@H](C)/C=C/C/C(C)=C/CO. The number of methoxy groups -OCH3 is 1. The summed E-state index contributed by atoms with van der Waals surface area (Å²) in [5.41, 5.74) is 2.26. The number of rotatable bonds is 12. The van der Waals surface area contributed by atoms with Crippen molar-refractivity contribution in [3.8, 4) is 0 Å². The van der Waals surface area contributed by atoms with Crippen molar-refractivity contribution in [3.05, 3.63) is 47.6 Å². The number of carbonyl (C=O) groups is 1. The maximum atomic E-state index is 11.0. The van der Waals surface area contributed by atoms with Crippen molar-refractivity contribution in [3.63, 3.8) is 0 Å². The molecule has 0 aliphatic carbocycles. The van der Waals surface area contributed by atoms with E-state index in [-0.39, 0.29) is 12.6 Å². The summed E-state index contributed by atoms with van der Waals surface area (Å²) < 4.78 is 4.56. The number of esters is 1. The molecule has 0 aromatic rings. The maximum absolute atomic E-state index is 11.0. The molecular formula is C27H48O3. The molecule has 0 bridgehead atoms. The first-order chi connectivity index (χ1) is 14.1. The molecule has 0 amide bonds. The van der Waals surface area contributed by atoms with Crippen LogP contribution >= 0.6 is 0 Å². The number of carbonyl (C=O) groups excluding carboxylic acids is 1. The van der Waals surface area contributed by atoms with Crippen molar-refractivity contribution < 1.29 is 14.6 Å². The monoisotopic (exact) mass is 420 g/mol. The minimum absolute atomic E-state index is 0.153. The van der Waals surface area contributed by atoms with Crippen LogP contribution in [0.5, 0.6) is 0 Å². The smallest absolute Gasteiger partial charge is 0.330 e. The van der Waals surface area contributed by atoms with Gasteiger partial charge in [0.1, 0.15) is 0 Å². The van der Waals surface area contributed by atoms with E-state index < -0.39 is 0 Å². The third kappa shape index (κ3) is 17.3. The predicted octanol–water partition coefficient (Wildman–Crippen LogP) is 7.29. The van der Waals surface area contributed by atoms with Gasteiger partial charge in [-0.1, -0.05) is 95.9 Å². The van der Waals surface area contributed by atoms with Crippen LogP contribution in [-0.4, -0.2) is 24.8 Å². The van der Waals surface area contributed by atoms with E-state index >= 15 is 0 Å². The minimum atomic E-state index is -0.277. The first kappa shape index (κ1) is 30.6. The van der Waals surface area contributed by atoms with Crippen LogP contribution in [-0.2, 0) is 9.53 Å². The van der Waals surface area contributed by atoms with Gasteiger partial charge in [-0.25, -0.2) is 4.79 Å². The third-order valence-corrected chi connectivity index (χ3v) is 5.85. The van der Waals surface area contributed by atoms with E-state index in [9.17, 15) is 4.79 Å². The van der Waals surface area contributed by atoms with Gasteiger partial charge in [0, 0.05) is 6.08 Å². The Hall–Kier alpha value is -1.61. The standard InChI is InChI=1S/C14H24O2.C13H24O/c1-6-12(3)13(4)9-7-8-11(2)10-14(15)16-5;1-5-12(3)13(4)8-6-7-11(2)9-10-14/h7,9-10,12-13H,6,8H2,1-5H3;6,8-9,12-14H,5,7,10H2,1-4H3/b9-7+,11-10+;8-6+,11-9+/t2*12-,13-/m00/s1. The fourth-order valence-corrected chi connectivity index (χ4v) is 2.62. The zero-order chi connectivity index (χ0) is 23.5. The van der Waals surface area contributed by atoms with Gasteiger partial charge in [0.15, 0.2) is 0 Å². The van der Waals surface area contributed by atoms with Gasteiger partial charge in [0.25, 0.3) is 0 Å². The van der Waals surface area contributed by atoms with E-state index in [1.807, 2.05) is 13.0 Å². The zero-order valence-electron chi connectivity index (χ0n) is 21.1. The van der Waals surface area contributed by atoms with Crippen LogP contribution in [0.15, 0.2) is 47.6 Å². The number of ether oxygens (including phenoxy) is 1. The van der Waals surface area contributed by atoms with E-state index in [4.69, 9.17) is 5.11 Å². The lowest BCUT2D eigenvalue weighted by Crippen LogP contribution is -2.03. The number of aliphatic hydroxyl groups excluding tert-OH is 1. The van der Waals surface area contributed by atoms with Crippen LogP contribution < -0.4 is 0 Å². The number of allylic oxidation sites excluding steroid dienone is 6. The summed E-state index contributed by atoms with van der Waals surface area (Å²) in [5.74, 6) is 2.44. The summed E-state index contributed by atoms with van der Waals surface area (Å²) in [6, 6.07) is 0. The topological polar surface area (TPSA) is 46.5 Å². The molecule has 30 heavy (non-hydrogen) atoms. The van der Waals surface area contributed by atoms with E-state index in [2.05, 4.69) is 77.5 Å². The molecule has 0 aliphatic rings. The van der Waals surface area contributed by atoms with Gasteiger partial charge in [-0.05, 0) is 50.4 Å². The number of aliphatic hydroxyl groups is 1. The maximum Gasteiger partial charge on any atom is 0.330 e. The summed E-state index contributed by atoms with van der Waals surface area (Å²) in [6.07, 6.45) is 16.4. The van der Waals surface area contributed by atoms with Gasteiger partial charge in [-0.15, -0.1) is 0 Å². The molecule has 0 heterocycles. The highest BCUT2D eigenvalue weighted by Crippen LogP contribution is 2.17. The molecule has 3 nitrogen and oxygen atoms in total. The van der Waals surface area contributed by atoms with Crippen LogP contribution in [0.2, 0.25) is 0 Å². The fraction of sp³-hybridized carbons (Fsp3) is 0.667. The van der Waals surface area contributed by atoms with Crippen molar-refractivity contribution in [2.24, 2.45) is 23.7 Å². The van der Waals surface area contributed by atoms with Crippen molar-refractivity contribution >= 4 is 5.97 Å². The predicted molar refractivity (Wildman–Crippen MR) is 131 cm³/mol. The van der Waals surface area contributed by atoms with Gasteiger partial charge >= 0.3 is 5.97 Å². The first-order valence-corrected chi connectivity index (χ1v) is 11.5. The molecule has 0 saturated carbocycles. The Kier molecular flexibility index (Phi) is 19.7. The van der Waals surface area contributed by atoms with Crippen molar-refractivity contribution in [2.75, 3.05) is 13.7 Å². The second kappa shape index (κ2) is 19.4. The normalized spacial score (nSPS) is 16.7. The van der Waals surface area contributed by atoms with Crippen molar-refractivity contribution in [2.45, 2.75) is 81.1 Å². The Morgan fingerprint density at radius 1 is 0.867 bits per heavy atom. The van der Waals surface area contributed by atoms with E-state index in [1.165, 1.54) is 31.6 Å². The molecule has 0 aromatic carbocycles. The first-order valence-electron chi connectivity index (χ1n) is 11.5. The van der Waals surface area contributed by atoms with Crippen LogP contribution in [0, 0.1) is 23.7 Å². The van der Waals surface area contributed by atoms with E-state index in [0.29, 0.717) is 17.8 Å². The average molecular weight is 421 g/mol. The lowest BCUT2D eigenvalue weighted by Gasteiger charge is -2.13. The van der Waals surface area contributed by atoms with Crippen molar-refractivity contribution in [1.29, 1.82) is 0 Å². The molecular weight excluding hydrogens is 372 g/mol. The summed E-state index contributed by atoms with van der Waals surface area (Å²) >= 11 is 0. The van der Waals surface area contributed by atoms with Crippen molar-refractivity contribution in [1.82, 2.24) is 0 Å². The van der Waals surface area contributed by atoms with Crippen LogP contribution in [0.4, 0.5) is 0 Å². The van der Waals surface area contributed by atoms with E-state index in [0.717, 1.165) is 24.3 Å². The number of hydrogen-bond acceptors (Lipinski definition) is 3. The highest BCUT2D eigenvalue weighted by Gasteiger charge is 2.06. The van der Waals surface area contributed by atoms with Gasteiger partial charge in [-0.3, -0.25) is 0 Å². The molecule has 1 N–H and O–H groups in total. The number of hydrogen-bond donors (Lipinski definition) is 1. The lowest BCUT2D eigenvalue weighted by molar-refractivity contribution is -0.134. The zero-order valence-corrected chi connectivity index (χ0v) is 21.1. The molecule has 4 atom stereocenters. The van der Waals surface area contributed by atoms with E-state index in [1.54, 1.807) is 0 Å². The molecule has 0 saturated heterocycles. The largest absolute Gasteiger partial charge is 0.466 e. The Balaban J connectivity index is 0. The molecule has 0 unspecified atom stereocenters. The average Bonchev–Trinajstić information content (AvgIpc) is 2.72. The lowest BCUT2D eigenvalue weighted by atomic mass is 9.93. The molecule has 0 fully saturated rings. The second-order valence-electron chi connectivity index (χ2n) is 8.50. The summed E-state index contributed by atoms with van der Waals surface area (Å²) in [7, 11) is 1.40. The summed E-state index contributed by atoms with van der Waals surface area (Å²) in [5, 5.41) is 8.67. The van der Waals surface area contributed by atoms with Gasteiger partial charge in [-0.2, -0.15) is 0 Å². The van der Waals surface area contributed by atoms with Gasteiger partial charge in [0.05, 0.1) is 13.7 Å². The van der Waals surface area contributed by atoms with Crippen LogP contribution in [0.1, 0.15) is 81.1 Å². The molecule has 0 rings (SSSR count). The highest BCUT2D eigenvalue weighted by molar-refractivity contribution is 5.82. The second-order valence-corrected chi connectivity index (χ2v) is 8.50.